The molecule has 0 radical (unpaired) electrons. The summed E-state index contributed by atoms with van der Waals surface area (Å²) in [5.74, 6) is 2.98. The standard InChI is InChI=1S/C20H24N6O2/c1-25-18(13-26-8-4-7-21-26)23-24-20(25)15-11-16(12-15)22-19(27)10-14-5-3-6-17(9-14)28-2/h3-9,15-16H,10-13H2,1-2H3,(H,22,27). The maximum absolute atomic E-state index is 12.3. The lowest BCUT2D eigenvalue weighted by Gasteiger charge is -2.35. The zero-order valence-electron chi connectivity index (χ0n) is 16.1. The number of amides is 1. The number of carbonyl (C=O) groups is 1. The molecule has 0 unspecified atom stereocenters. The molecule has 0 spiro atoms. The third-order valence-electron chi connectivity index (χ3n) is 5.23. The van der Waals surface area contributed by atoms with Crippen LogP contribution in [0.15, 0.2) is 42.7 Å². The first-order valence-electron chi connectivity index (χ1n) is 9.40. The molecule has 1 aliphatic rings. The zero-order chi connectivity index (χ0) is 19.5. The average molecular weight is 380 g/mol. The van der Waals surface area contributed by atoms with E-state index in [-0.39, 0.29) is 11.9 Å². The van der Waals surface area contributed by atoms with Crippen molar-refractivity contribution in [3.8, 4) is 5.75 Å². The molecule has 0 saturated heterocycles. The van der Waals surface area contributed by atoms with Crippen LogP contribution < -0.4 is 10.1 Å². The van der Waals surface area contributed by atoms with Gasteiger partial charge in [0.15, 0.2) is 5.82 Å². The van der Waals surface area contributed by atoms with Crippen molar-refractivity contribution >= 4 is 5.91 Å². The van der Waals surface area contributed by atoms with Gasteiger partial charge in [0.05, 0.1) is 13.5 Å². The summed E-state index contributed by atoms with van der Waals surface area (Å²) >= 11 is 0. The van der Waals surface area contributed by atoms with E-state index in [1.54, 1.807) is 13.3 Å². The molecular formula is C20H24N6O2. The molecular weight excluding hydrogens is 356 g/mol. The minimum absolute atomic E-state index is 0.0361. The highest BCUT2D eigenvalue weighted by molar-refractivity contribution is 5.79. The molecule has 1 saturated carbocycles. The van der Waals surface area contributed by atoms with Crippen molar-refractivity contribution in [3.63, 3.8) is 0 Å². The van der Waals surface area contributed by atoms with E-state index in [2.05, 4.69) is 20.6 Å². The van der Waals surface area contributed by atoms with Gasteiger partial charge in [0.2, 0.25) is 5.91 Å². The van der Waals surface area contributed by atoms with Crippen molar-refractivity contribution in [1.29, 1.82) is 0 Å². The molecule has 1 N–H and O–H groups in total. The SMILES string of the molecule is COc1cccc(CC(=O)NC2CC(c3nnc(Cn4cccn4)n3C)C2)c1. The Bertz CT molecular complexity index is 944. The normalized spacial score (nSPS) is 18.5. The molecule has 4 rings (SSSR count). The van der Waals surface area contributed by atoms with Gasteiger partial charge in [-0.1, -0.05) is 12.1 Å². The van der Waals surface area contributed by atoms with E-state index < -0.39 is 0 Å². The van der Waals surface area contributed by atoms with Crippen molar-refractivity contribution in [2.75, 3.05) is 7.11 Å². The lowest BCUT2D eigenvalue weighted by molar-refractivity contribution is -0.121. The molecule has 1 aliphatic carbocycles. The average Bonchev–Trinajstić information content (AvgIpc) is 3.29. The fraction of sp³-hybridized carbons (Fsp3) is 0.400. The zero-order valence-corrected chi connectivity index (χ0v) is 16.1. The Morgan fingerprint density at radius 2 is 2.14 bits per heavy atom. The third-order valence-corrected chi connectivity index (χ3v) is 5.23. The number of hydrogen-bond donors (Lipinski definition) is 1. The number of carbonyl (C=O) groups excluding carboxylic acids is 1. The van der Waals surface area contributed by atoms with Gasteiger partial charge in [-0.2, -0.15) is 5.10 Å². The number of benzene rings is 1. The second-order valence-electron chi connectivity index (χ2n) is 7.20. The maximum atomic E-state index is 12.3. The Balaban J connectivity index is 1.28. The Hall–Kier alpha value is -3.16. The lowest BCUT2D eigenvalue weighted by Crippen LogP contribution is -2.44. The van der Waals surface area contributed by atoms with Crippen LogP contribution in [0.4, 0.5) is 0 Å². The number of methoxy groups -OCH3 is 1. The second-order valence-corrected chi connectivity index (χ2v) is 7.20. The number of ether oxygens (including phenoxy) is 1. The maximum Gasteiger partial charge on any atom is 0.224 e. The molecule has 1 fully saturated rings. The second kappa shape index (κ2) is 7.84. The fourth-order valence-electron chi connectivity index (χ4n) is 3.60. The molecule has 2 aromatic heterocycles. The minimum Gasteiger partial charge on any atom is -0.497 e. The Morgan fingerprint density at radius 3 is 2.89 bits per heavy atom. The van der Waals surface area contributed by atoms with Gasteiger partial charge in [0.25, 0.3) is 0 Å². The van der Waals surface area contributed by atoms with Gasteiger partial charge in [-0.3, -0.25) is 9.48 Å². The number of nitrogens with one attached hydrogen (secondary N) is 1. The smallest absolute Gasteiger partial charge is 0.224 e. The quantitative estimate of drug-likeness (QED) is 0.674. The van der Waals surface area contributed by atoms with Crippen molar-refractivity contribution < 1.29 is 9.53 Å². The summed E-state index contributed by atoms with van der Waals surface area (Å²) in [5, 5.41) is 16.0. The first-order valence-corrected chi connectivity index (χ1v) is 9.40. The van der Waals surface area contributed by atoms with E-state index in [9.17, 15) is 4.79 Å². The summed E-state index contributed by atoms with van der Waals surface area (Å²) in [6.45, 7) is 0.601. The van der Waals surface area contributed by atoms with Crippen molar-refractivity contribution in [2.45, 2.75) is 37.8 Å². The van der Waals surface area contributed by atoms with Gasteiger partial charge in [-0.05, 0) is 36.6 Å². The predicted octanol–water partition coefficient (Wildman–Crippen LogP) is 1.67. The van der Waals surface area contributed by atoms with Crippen LogP contribution in [-0.2, 0) is 24.8 Å². The molecule has 0 atom stereocenters. The van der Waals surface area contributed by atoms with Crippen molar-refractivity contribution in [1.82, 2.24) is 29.9 Å². The lowest BCUT2D eigenvalue weighted by atomic mass is 9.79. The molecule has 8 nitrogen and oxygen atoms in total. The van der Waals surface area contributed by atoms with E-state index in [0.717, 1.165) is 35.8 Å². The fourth-order valence-corrected chi connectivity index (χ4v) is 3.60. The molecule has 0 aliphatic heterocycles. The first kappa shape index (κ1) is 18.2. The van der Waals surface area contributed by atoms with Gasteiger partial charge >= 0.3 is 0 Å². The van der Waals surface area contributed by atoms with Crippen LogP contribution in [0.2, 0.25) is 0 Å². The van der Waals surface area contributed by atoms with E-state index >= 15 is 0 Å². The molecule has 0 bridgehead atoms. The summed E-state index contributed by atoms with van der Waals surface area (Å²) in [5.41, 5.74) is 0.948. The van der Waals surface area contributed by atoms with E-state index in [1.165, 1.54) is 0 Å². The number of aromatic nitrogens is 5. The number of hydrogen-bond acceptors (Lipinski definition) is 5. The highest BCUT2D eigenvalue weighted by Gasteiger charge is 2.34. The van der Waals surface area contributed by atoms with Crippen molar-refractivity contribution in [2.24, 2.45) is 7.05 Å². The summed E-state index contributed by atoms with van der Waals surface area (Å²) in [4.78, 5) is 12.3. The first-order chi connectivity index (χ1) is 13.6. The molecule has 2 heterocycles. The van der Waals surface area contributed by atoms with Crippen LogP contribution in [0, 0.1) is 0 Å². The van der Waals surface area contributed by atoms with Crippen LogP contribution >= 0.6 is 0 Å². The molecule has 8 heteroatoms. The monoisotopic (exact) mass is 380 g/mol. The van der Waals surface area contributed by atoms with E-state index in [0.29, 0.717) is 18.9 Å². The molecule has 1 aromatic carbocycles. The van der Waals surface area contributed by atoms with Gasteiger partial charge in [0.1, 0.15) is 18.1 Å². The summed E-state index contributed by atoms with van der Waals surface area (Å²) in [7, 11) is 3.61. The van der Waals surface area contributed by atoms with Crippen LogP contribution in [-0.4, -0.2) is 43.6 Å². The van der Waals surface area contributed by atoms with E-state index in [4.69, 9.17) is 4.74 Å². The Kier molecular flexibility index (Phi) is 5.10. The molecule has 146 valence electrons. The number of rotatable bonds is 7. The molecule has 1 amide bonds. The third kappa shape index (κ3) is 3.90. The Labute approximate surface area is 163 Å². The van der Waals surface area contributed by atoms with E-state index in [1.807, 2.05) is 52.8 Å². The highest BCUT2D eigenvalue weighted by Crippen LogP contribution is 2.36. The van der Waals surface area contributed by atoms with Crippen molar-refractivity contribution in [3.05, 3.63) is 59.9 Å². The topological polar surface area (TPSA) is 86.9 Å². The minimum atomic E-state index is 0.0361. The van der Waals surface area contributed by atoms with Gasteiger partial charge in [-0.15, -0.1) is 10.2 Å². The largest absolute Gasteiger partial charge is 0.497 e. The van der Waals surface area contributed by atoms with Crippen LogP contribution in [0.5, 0.6) is 5.75 Å². The summed E-state index contributed by atoms with van der Waals surface area (Å²) in [6, 6.07) is 9.68. The van der Waals surface area contributed by atoms with Gasteiger partial charge in [0, 0.05) is 31.4 Å². The van der Waals surface area contributed by atoms with Crippen LogP contribution in [0.1, 0.15) is 36.0 Å². The van der Waals surface area contributed by atoms with Crippen LogP contribution in [0.25, 0.3) is 0 Å². The van der Waals surface area contributed by atoms with Crippen LogP contribution in [0.3, 0.4) is 0 Å². The Morgan fingerprint density at radius 1 is 1.29 bits per heavy atom. The predicted molar refractivity (Wildman–Crippen MR) is 103 cm³/mol. The van der Waals surface area contributed by atoms with Gasteiger partial charge < -0.3 is 14.6 Å². The summed E-state index contributed by atoms with van der Waals surface area (Å²) in [6.07, 6.45) is 5.79. The molecule has 3 aromatic rings. The number of nitrogens with zero attached hydrogens (tertiary/aromatic N) is 5. The van der Waals surface area contributed by atoms with Gasteiger partial charge in [-0.25, -0.2) is 0 Å². The molecule has 28 heavy (non-hydrogen) atoms. The highest BCUT2D eigenvalue weighted by atomic mass is 16.5. The summed E-state index contributed by atoms with van der Waals surface area (Å²) < 4.78 is 9.08.